The first-order valence-electron chi connectivity index (χ1n) is 4.89. The summed E-state index contributed by atoms with van der Waals surface area (Å²) in [6, 6.07) is -0.0956. The fraction of sp³-hybridized carbons (Fsp3) is 0.625. The van der Waals surface area contributed by atoms with Gasteiger partial charge in [-0.2, -0.15) is 13.2 Å². The molecule has 2 N–H and O–H groups in total. The Hall–Kier alpha value is -1.38. The highest BCUT2D eigenvalue weighted by atomic mass is 32.1. The molecule has 1 fully saturated rings. The van der Waals surface area contributed by atoms with E-state index in [4.69, 9.17) is 0 Å². The molecule has 9 heteroatoms. The van der Waals surface area contributed by atoms with E-state index in [9.17, 15) is 18.0 Å². The molecule has 1 saturated heterocycles. The molecule has 2 rings (SSSR count). The normalized spacial score (nSPS) is 21.1. The van der Waals surface area contributed by atoms with Crippen LogP contribution in [0.3, 0.4) is 0 Å². The Morgan fingerprint density at radius 3 is 2.71 bits per heavy atom. The summed E-state index contributed by atoms with van der Waals surface area (Å²) in [7, 11) is 0. The number of nitrogens with zero attached hydrogens (tertiary/aromatic N) is 2. The molecular weight excluding hydrogens is 257 g/mol. The zero-order valence-corrected chi connectivity index (χ0v) is 9.36. The third-order valence-corrected chi connectivity index (χ3v) is 3.16. The number of anilines is 1. The van der Waals surface area contributed by atoms with Gasteiger partial charge < -0.3 is 10.6 Å². The van der Waals surface area contributed by atoms with Crippen molar-refractivity contribution in [3.63, 3.8) is 0 Å². The fourth-order valence-electron chi connectivity index (χ4n) is 1.43. The second-order valence-corrected chi connectivity index (χ2v) is 4.57. The number of carbonyl (C=O) groups is 1. The second-order valence-electron chi connectivity index (χ2n) is 3.59. The summed E-state index contributed by atoms with van der Waals surface area (Å²) in [5, 5.41) is 11.1. The Bertz CT molecular complexity index is 409. The van der Waals surface area contributed by atoms with Gasteiger partial charge in [-0.05, 0) is 6.42 Å². The van der Waals surface area contributed by atoms with Gasteiger partial charge in [-0.15, -0.1) is 10.2 Å². The monoisotopic (exact) mass is 266 g/mol. The van der Waals surface area contributed by atoms with Crippen molar-refractivity contribution in [3.8, 4) is 0 Å². The average Bonchev–Trinajstić information content (AvgIpc) is 2.69. The first kappa shape index (κ1) is 12.1. The van der Waals surface area contributed by atoms with Gasteiger partial charge in [-0.1, -0.05) is 11.3 Å². The minimum atomic E-state index is -4.46. The van der Waals surface area contributed by atoms with Gasteiger partial charge in [0, 0.05) is 19.0 Å². The van der Waals surface area contributed by atoms with Crippen LogP contribution in [0.25, 0.3) is 0 Å². The molecule has 94 valence electrons. The zero-order chi connectivity index (χ0) is 12.5. The topological polar surface area (TPSA) is 66.9 Å². The third kappa shape index (κ3) is 3.05. The number of piperidine rings is 1. The van der Waals surface area contributed by atoms with Gasteiger partial charge in [0.1, 0.15) is 0 Å². The molecule has 0 bridgehead atoms. The van der Waals surface area contributed by atoms with Crippen molar-refractivity contribution in [2.45, 2.75) is 25.1 Å². The van der Waals surface area contributed by atoms with Gasteiger partial charge in [-0.3, -0.25) is 4.79 Å². The number of alkyl halides is 3. The fourth-order valence-corrected chi connectivity index (χ4v) is 2.11. The predicted molar refractivity (Wildman–Crippen MR) is 54.6 cm³/mol. The molecule has 1 amide bonds. The largest absolute Gasteiger partial charge is 0.445 e. The molecule has 0 radical (unpaired) electrons. The van der Waals surface area contributed by atoms with Gasteiger partial charge in [0.2, 0.25) is 16.0 Å². The summed E-state index contributed by atoms with van der Waals surface area (Å²) in [6.07, 6.45) is -3.52. The van der Waals surface area contributed by atoms with Crippen molar-refractivity contribution in [3.05, 3.63) is 5.01 Å². The van der Waals surface area contributed by atoms with Crippen LogP contribution in [0.4, 0.5) is 18.3 Å². The van der Waals surface area contributed by atoms with Crippen LogP contribution in [0, 0.1) is 0 Å². The Balaban J connectivity index is 1.95. The lowest BCUT2D eigenvalue weighted by molar-refractivity contribution is -0.138. The number of halogens is 3. The smallest absolute Gasteiger partial charge is 0.356 e. The molecule has 1 atom stereocenters. The lowest BCUT2D eigenvalue weighted by atomic mass is 10.1. The van der Waals surface area contributed by atoms with E-state index in [0.717, 1.165) is 0 Å². The van der Waals surface area contributed by atoms with E-state index >= 15 is 0 Å². The lowest BCUT2D eigenvalue weighted by Gasteiger charge is -2.22. The van der Waals surface area contributed by atoms with Gasteiger partial charge in [-0.25, -0.2) is 0 Å². The number of hydrogen-bond acceptors (Lipinski definition) is 5. The SMILES string of the molecule is O=C1CCC(Nc2nnc(C(F)(F)F)s2)CN1. The van der Waals surface area contributed by atoms with E-state index in [-0.39, 0.29) is 17.1 Å². The molecular formula is C8H9F3N4OS. The van der Waals surface area contributed by atoms with Crippen molar-refractivity contribution >= 4 is 22.4 Å². The van der Waals surface area contributed by atoms with E-state index in [1.807, 2.05) is 0 Å². The van der Waals surface area contributed by atoms with Crippen molar-refractivity contribution < 1.29 is 18.0 Å². The van der Waals surface area contributed by atoms with Crippen molar-refractivity contribution in [1.29, 1.82) is 0 Å². The van der Waals surface area contributed by atoms with Gasteiger partial charge >= 0.3 is 6.18 Å². The Morgan fingerprint density at radius 1 is 1.41 bits per heavy atom. The maximum Gasteiger partial charge on any atom is 0.445 e. The molecule has 5 nitrogen and oxygen atoms in total. The van der Waals surface area contributed by atoms with E-state index in [2.05, 4.69) is 20.8 Å². The van der Waals surface area contributed by atoms with Crippen LogP contribution >= 0.6 is 11.3 Å². The number of nitrogens with one attached hydrogen (secondary N) is 2. The summed E-state index contributed by atoms with van der Waals surface area (Å²) in [4.78, 5) is 10.9. The number of rotatable bonds is 2. The molecule has 0 saturated carbocycles. The van der Waals surface area contributed by atoms with Crippen molar-refractivity contribution in [2.24, 2.45) is 0 Å². The highest BCUT2D eigenvalue weighted by molar-refractivity contribution is 7.15. The lowest BCUT2D eigenvalue weighted by Crippen LogP contribution is -2.41. The molecule has 0 aliphatic carbocycles. The zero-order valence-electron chi connectivity index (χ0n) is 8.54. The maximum absolute atomic E-state index is 12.3. The second kappa shape index (κ2) is 4.47. The minimum absolute atomic E-state index is 0.0451. The first-order chi connectivity index (χ1) is 7.95. The van der Waals surface area contributed by atoms with Crippen molar-refractivity contribution in [2.75, 3.05) is 11.9 Å². The minimum Gasteiger partial charge on any atom is -0.356 e. The summed E-state index contributed by atoms with van der Waals surface area (Å²) in [6.45, 7) is 0.389. The highest BCUT2D eigenvalue weighted by Gasteiger charge is 2.35. The van der Waals surface area contributed by atoms with Crippen LogP contribution < -0.4 is 10.6 Å². The van der Waals surface area contributed by atoms with E-state index in [1.54, 1.807) is 0 Å². The Kier molecular flexibility index (Phi) is 3.18. The van der Waals surface area contributed by atoms with Gasteiger partial charge in [0.05, 0.1) is 0 Å². The van der Waals surface area contributed by atoms with Crippen LogP contribution in [0.15, 0.2) is 0 Å². The molecule has 1 aliphatic heterocycles. The maximum atomic E-state index is 12.3. The third-order valence-electron chi connectivity index (χ3n) is 2.26. The number of carbonyl (C=O) groups excluding carboxylic acids is 1. The summed E-state index contributed by atoms with van der Waals surface area (Å²) in [5.74, 6) is -0.0451. The van der Waals surface area contributed by atoms with Crippen LogP contribution in [-0.2, 0) is 11.0 Å². The van der Waals surface area contributed by atoms with E-state index in [1.165, 1.54) is 0 Å². The molecule has 17 heavy (non-hydrogen) atoms. The molecule has 0 aromatic carbocycles. The molecule has 2 heterocycles. The molecule has 0 spiro atoms. The Morgan fingerprint density at radius 2 is 2.18 bits per heavy atom. The van der Waals surface area contributed by atoms with Crippen LogP contribution in [-0.4, -0.2) is 28.7 Å². The summed E-state index contributed by atoms with van der Waals surface area (Å²) < 4.78 is 36.8. The van der Waals surface area contributed by atoms with Crippen LogP contribution in [0.2, 0.25) is 0 Å². The number of amides is 1. The van der Waals surface area contributed by atoms with E-state index < -0.39 is 11.2 Å². The predicted octanol–water partition coefficient (Wildman–Crippen LogP) is 1.25. The molecule has 1 aliphatic rings. The number of aromatic nitrogens is 2. The quantitative estimate of drug-likeness (QED) is 0.845. The molecule has 1 unspecified atom stereocenters. The summed E-state index contributed by atoms with van der Waals surface area (Å²) >= 11 is 0.463. The molecule has 1 aromatic heterocycles. The number of hydrogen-bond donors (Lipinski definition) is 2. The van der Waals surface area contributed by atoms with Crippen LogP contribution in [0.5, 0.6) is 0 Å². The highest BCUT2D eigenvalue weighted by Crippen LogP contribution is 2.33. The summed E-state index contributed by atoms with van der Waals surface area (Å²) in [5.41, 5.74) is 0. The standard InChI is InChI=1S/C8H9F3N4OS/c9-8(10,11)6-14-15-7(17-6)13-4-1-2-5(16)12-3-4/h4H,1-3H2,(H,12,16)(H,13,15). The van der Waals surface area contributed by atoms with Gasteiger partial charge in [0.15, 0.2) is 0 Å². The van der Waals surface area contributed by atoms with Gasteiger partial charge in [0.25, 0.3) is 0 Å². The van der Waals surface area contributed by atoms with E-state index in [0.29, 0.717) is 30.7 Å². The molecule has 1 aromatic rings. The Labute approximate surface area is 98.4 Å². The average molecular weight is 266 g/mol. The van der Waals surface area contributed by atoms with Crippen molar-refractivity contribution in [1.82, 2.24) is 15.5 Å². The van der Waals surface area contributed by atoms with Crippen LogP contribution in [0.1, 0.15) is 17.8 Å². The first-order valence-corrected chi connectivity index (χ1v) is 5.71.